The first-order valence-corrected chi connectivity index (χ1v) is 9.84. The van der Waals surface area contributed by atoms with Crippen LogP contribution in [0.5, 0.6) is 0 Å². The molecule has 5 nitrogen and oxygen atoms in total. The highest BCUT2D eigenvalue weighted by atomic mass is 35.5. The minimum atomic E-state index is 0. The van der Waals surface area contributed by atoms with Crippen LogP contribution in [0, 0.1) is 5.92 Å². The SMILES string of the molecule is Cl.O=C(CC1CC2CCC(C1)N2)Nc1ccnn1Cc1c(Cl)cccc1Cl. The molecule has 27 heavy (non-hydrogen) atoms. The lowest BCUT2D eigenvalue weighted by Crippen LogP contribution is -2.39. The van der Waals surface area contributed by atoms with Gasteiger partial charge in [0.15, 0.2) is 0 Å². The molecule has 2 N–H and O–H groups in total. The van der Waals surface area contributed by atoms with E-state index < -0.39 is 0 Å². The third-order valence-electron chi connectivity index (χ3n) is 5.40. The Kier molecular flexibility index (Phi) is 6.69. The van der Waals surface area contributed by atoms with Crippen molar-refractivity contribution in [1.82, 2.24) is 15.1 Å². The van der Waals surface area contributed by atoms with Crippen molar-refractivity contribution in [2.45, 2.75) is 50.7 Å². The first-order chi connectivity index (χ1) is 12.6. The first-order valence-electron chi connectivity index (χ1n) is 9.09. The van der Waals surface area contributed by atoms with E-state index in [9.17, 15) is 4.79 Å². The number of piperidine rings is 1. The van der Waals surface area contributed by atoms with E-state index in [0.29, 0.717) is 46.8 Å². The van der Waals surface area contributed by atoms with Gasteiger partial charge in [-0.05, 0) is 43.7 Å². The van der Waals surface area contributed by atoms with Crippen molar-refractivity contribution in [1.29, 1.82) is 0 Å². The Morgan fingerprint density at radius 1 is 1.19 bits per heavy atom. The molecule has 4 rings (SSSR count). The summed E-state index contributed by atoms with van der Waals surface area (Å²) in [5.41, 5.74) is 0.796. The van der Waals surface area contributed by atoms with Crippen LogP contribution in [0.25, 0.3) is 0 Å². The fourth-order valence-electron chi connectivity index (χ4n) is 4.20. The summed E-state index contributed by atoms with van der Waals surface area (Å²) < 4.78 is 1.72. The van der Waals surface area contributed by atoms with Crippen molar-refractivity contribution >= 4 is 47.3 Å². The zero-order chi connectivity index (χ0) is 18.1. The molecule has 2 unspecified atom stereocenters. The number of nitrogens with one attached hydrogen (secondary N) is 2. The van der Waals surface area contributed by atoms with Crippen molar-refractivity contribution in [3.05, 3.63) is 46.1 Å². The number of aromatic nitrogens is 2. The number of hydrogen-bond acceptors (Lipinski definition) is 3. The maximum absolute atomic E-state index is 12.5. The van der Waals surface area contributed by atoms with E-state index in [1.54, 1.807) is 29.1 Å². The number of carbonyl (C=O) groups excluding carboxylic acids is 1. The highest BCUT2D eigenvalue weighted by Gasteiger charge is 2.34. The van der Waals surface area contributed by atoms with Crippen LogP contribution in [-0.4, -0.2) is 27.8 Å². The van der Waals surface area contributed by atoms with Crippen LogP contribution in [0.15, 0.2) is 30.5 Å². The Labute approximate surface area is 175 Å². The topological polar surface area (TPSA) is 59.0 Å². The second-order valence-corrected chi connectivity index (χ2v) is 8.12. The number of halogens is 3. The summed E-state index contributed by atoms with van der Waals surface area (Å²) in [6, 6.07) is 8.41. The van der Waals surface area contributed by atoms with Crippen LogP contribution >= 0.6 is 35.6 Å². The van der Waals surface area contributed by atoms with Gasteiger partial charge >= 0.3 is 0 Å². The lowest BCUT2D eigenvalue weighted by Gasteiger charge is -2.28. The Hall–Kier alpha value is -1.27. The van der Waals surface area contributed by atoms with Crippen molar-refractivity contribution in [3.8, 4) is 0 Å². The minimum Gasteiger partial charge on any atom is -0.311 e. The Morgan fingerprint density at radius 2 is 1.85 bits per heavy atom. The molecule has 2 atom stereocenters. The number of nitrogens with zero attached hydrogens (tertiary/aromatic N) is 2. The normalized spacial score (nSPS) is 23.7. The predicted molar refractivity (Wildman–Crippen MR) is 111 cm³/mol. The number of carbonyl (C=O) groups is 1. The molecule has 2 aromatic rings. The van der Waals surface area contributed by atoms with Crippen LogP contribution in [-0.2, 0) is 11.3 Å². The van der Waals surface area contributed by atoms with Gasteiger partial charge in [0.2, 0.25) is 5.91 Å². The molecule has 0 radical (unpaired) electrons. The van der Waals surface area contributed by atoms with E-state index in [0.717, 1.165) is 18.4 Å². The van der Waals surface area contributed by atoms with E-state index in [1.807, 2.05) is 6.07 Å². The van der Waals surface area contributed by atoms with E-state index in [4.69, 9.17) is 23.2 Å². The third kappa shape index (κ3) is 4.77. The standard InChI is InChI=1S/C19H22Cl2N4O.ClH/c20-16-2-1-3-17(21)15(16)11-25-18(6-7-22-25)24-19(26)10-12-8-13-4-5-14(9-12)23-13;/h1-3,6-7,12-14,23H,4-5,8-11H2,(H,24,26);1H. The Balaban J connectivity index is 0.00000210. The monoisotopic (exact) mass is 428 g/mol. The smallest absolute Gasteiger partial charge is 0.225 e. The average molecular weight is 430 g/mol. The molecular weight excluding hydrogens is 407 g/mol. The van der Waals surface area contributed by atoms with Crippen LogP contribution < -0.4 is 10.6 Å². The molecule has 146 valence electrons. The van der Waals surface area contributed by atoms with E-state index in [1.165, 1.54) is 12.8 Å². The molecule has 0 saturated carbocycles. The van der Waals surface area contributed by atoms with Crippen LogP contribution in [0.4, 0.5) is 5.82 Å². The van der Waals surface area contributed by atoms with Gasteiger partial charge in [-0.2, -0.15) is 5.10 Å². The van der Waals surface area contributed by atoms with E-state index in [-0.39, 0.29) is 18.3 Å². The summed E-state index contributed by atoms with van der Waals surface area (Å²) in [5, 5.41) is 12.1. The van der Waals surface area contributed by atoms with Gasteiger partial charge in [0.1, 0.15) is 5.82 Å². The molecule has 2 bridgehead atoms. The molecule has 3 heterocycles. The van der Waals surface area contributed by atoms with Gasteiger partial charge in [-0.1, -0.05) is 29.3 Å². The summed E-state index contributed by atoms with van der Waals surface area (Å²) in [5.74, 6) is 1.18. The average Bonchev–Trinajstić information content (AvgIpc) is 3.17. The van der Waals surface area contributed by atoms with Gasteiger partial charge in [0.25, 0.3) is 0 Å². The molecule has 2 aliphatic rings. The molecule has 2 saturated heterocycles. The molecule has 2 aliphatic heterocycles. The highest BCUT2D eigenvalue weighted by Crippen LogP contribution is 2.33. The van der Waals surface area contributed by atoms with Gasteiger partial charge in [-0.15, -0.1) is 12.4 Å². The summed E-state index contributed by atoms with van der Waals surface area (Å²) in [7, 11) is 0. The zero-order valence-electron chi connectivity index (χ0n) is 14.8. The summed E-state index contributed by atoms with van der Waals surface area (Å²) in [6.45, 7) is 0.415. The van der Waals surface area contributed by atoms with E-state index in [2.05, 4.69) is 15.7 Å². The lowest BCUT2D eigenvalue weighted by molar-refractivity contribution is -0.117. The summed E-state index contributed by atoms with van der Waals surface area (Å²) in [6.07, 6.45) is 6.91. The number of fused-ring (bicyclic) bond motifs is 2. The molecule has 8 heteroatoms. The van der Waals surface area contributed by atoms with Crippen LogP contribution in [0.3, 0.4) is 0 Å². The van der Waals surface area contributed by atoms with Crippen molar-refractivity contribution in [2.24, 2.45) is 5.92 Å². The number of amides is 1. The molecule has 1 amide bonds. The van der Waals surface area contributed by atoms with Crippen LogP contribution in [0.1, 0.15) is 37.7 Å². The van der Waals surface area contributed by atoms with Crippen molar-refractivity contribution in [2.75, 3.05) is 5.32 Å². The number of anilines is 1. The Bertz CT molecular complexity index is 778. The molecule has 1 aromatic carbocycles. The van der Waals surface area contributed by atoms with Crippen LogP contribution in [0.2, 0.25) is 10.0 Å². The van der Waals surface area contributed by atoms with Crippen molar-refractivity contribution in [3.63, 3.8) is 0 Å². The predicted octanol–water partition coefficient (Wildman–Crippen LogP) is 4.52. The fraction of sp³-hybridized carbons (Fsp3) is 0.474. The second-order valence-electron chi connectivity index (χ2n) is 7.30. The summed E-state index contributed by atoms with van der Waals surface area (Å²) in [4.78, 5) is 12.5. The fourth-order valence-corrected chi connectivity index (χ4v) is 4.71. The van der Waals surface area contributed by atoms with Gasteiger partial charge in [0.05, 0.1) is 12.7 Å². The van der Waals surface area contributed by atoms with E-state index >= 15 is 0 Å². The molecule has 0 spiro atoms. The maximum atomic E-state index is 12.5. The maximum Gasteiger partial charge on any atom is 0.225 e. The molecule has 0 aliphatic carbocycles. The molecule has 2 fully saturated rings. The van der Waals surface area contributed by atoms with Gasteiger partial charge in [-0.3, -0.25) is 4.79 Å². The zero-order valence-corrected chi connectivity index (χ0v) is 17.2. The summed E-state index contributed by atoms with van der Waals surface area (Å²) >= 11 is 12.5. The number of rotatable bonds is 5. The largest absolute Gasteiger partial charge is 0.311 e. The second kappa shape index (κ2) is 8.82. The van der Waals surface area contributed by atoms with Gasteiger partial charge in [0, 0.05) is 40.2 Å². The molecule has 1 aromatic heterocycles. The first kappa shape index (κ1) is 20.5. The van der Waals surface area contributed by atoms with Gasteiger partial charge < -0.3 is 10.6 Å². The third-order valence-corrected chi connectivity index (χ3v) is 6.11. The lowest BCUT2D eigenvalue weighted by atomic mass is 9.89. The quantitative estimate of drug-likeness (QED) is 0.734. The minimum absolute atomic E-state index is 0. The van der Waals surface area contributed by atoms with Gasteiger partial charge in [-0.25, -0.2) is 4.68 Å². The number of hydrogen-bond donors (Lipinski definition) is 2. The molecular formula is C19H23Cl3N4O. The number of benzene rings is 1. The van der Waals surface area contributed by atoms with Crippen molar-refractivity contribution < 1.29 is 4.79 Å². The Morgan fingerprint density at radius 3 is 2.52 bits per heavy atom. The highest BCUT2D eigenvalue weighted by molar-refractivity contribution is 6.35.